The average Bonchev–Trinajstić information content (AvgIpc) is 2.16. The number of carboxylic acids is 1. The Bertz CT molecular complexity index is 404. The van der Waals surface area contributed by atoms with E-state index in [4.69, 9.17) is 21.4 Å². The molecule has 1 aromatic rings. The van der Waals surface area contributed by atoms with Crippen molar-refractivity contribution in [3.63, 3.8) is 0 Å². The van der Waals surface area contributed by atoms with Crippen molar-refractivity contribution < 1.29 is 14.6 Å². The zero-order valence-electron chi connectivity index (χ0n) is 9.45. The third-order valence-corrected chi connectivity index (χ3v) is 2.32. The average molecular weight is 244 g/mol. The van der Waals surface area contributed by atoms with E-state index in [1.54, 1.807) is 6.07 Å². The molecule has 0 unspecified atom stereocenters. The number of aromatic carboxylic acids is 1. The number of nitrogens with zero attached hydrogens (tertiary/aromatic N) is 1. The highest BCUT2D eigenvalue weighted by molar-refractivity contribution is 6.32. The summed E-state index contributed by atoms with van der Waals surface area (Å²) in [7, 11) is 1.40. The molecule has 0 fully saturated rings. The van der Waals surface area contributed by atoms with Crippen LogP contribution in [0.1, 0.15) is 29.9 Å². The van der Waals surface area contributed by atoms with Crippen LogP contribution in [0.3, 0.4) is 0 Å². The predicted octanol–water partition coefficient (Wildman–Crippen LogP) is 2.64. The maximum absolute atomic E-state index is 11.0. The second-order valence-corrected chi connectivity index (χ2v) is 4.30. The molecule has 0 aliphatic heterocycles. The summed E-state index contributed by atoms with van der Waals surface area (Å²) in [6.07, 6.45) is 0.623. The fraction of sp³-hybridized carbons (Fsp3) is 0.455. The molecular weight excluding hydrogens is 230 g/mol. The van der Waals surface area contributed by atoms with Gasteiger partial charge in [-0.15, -0.1) is 0 Å². The van der Waals surface area contributed by atoms with Gasteiger partial charge in [0.1, 0.15) is 5.02 Å². The summed E-state index contributed by atoms with van der Waals surface area (Å²) >= 11 is 5.91. The molecule has 0 amide bonds. The summed E-state index contributed by atoms with van der Waals surface area (Å²) in [5, 5.41) is 9.36. The van der Waals surface area contributed by atoms with Crippen LogP contribution in [0.15, 0.2) is 6.07 Å². The standard InChI is InChI=1S/C11H14ClNO3/c1-6(2)4-7-5-8(12)10(16-3)13-9(7)11(14)15/h5-6H,4H2,1-3H3,(H,14,15). The Morgan fingerprint density at radius 3 is 2.69 bits per heavy atom. The van der Waals surface area contributed by atoms with Crippen molar-refractivity contribution in [2.45, 2.75) is 20.3 Å². The number of hydrogen-bond acceptors (Lipinski definition) is 3. The first-order chi connectivity index (χ1) is 7.45. The summed E-state index contributed by atoms with van der Waals surface area (Å²) in [4.78, 5) is 14.9. The van der Waals surface area contributed by atoms with E-state index in [-0.39, 0.29) is 11.6 Å². The van der Waals surface area contributed by atoms with Gasteiger partial charge in [0.15, 0.2) is 5.69 Å². The first-order valence-electron chi connectivity index (χ1n) is 4.92. The number of halogens is 1. The maximum Gasteiger partial charge on any atom is 0.354 e. The van der Waals surface area contributed by atoms with Crippen LogP contribution in [0.5, 0.6) is 5.88 Å². The lowest BCUT2D eigenvalue weighted by atomic mass is 10.0. The Labute approximate surface area is 99.2 Å². The molecule has 4 nitrogen and oxygen atoms in total. The molecule has 0 spiro atoms. The molecule has 0 radical (unpaired) electrons. The third kappa shape index (κ3) is 2.85. The van der Waals surface area contributed by atoms with Crippen molar-refractivity contribution in [3.8, 4) is 5.88 Å². The lowest BCUT2D eigenvalue weighted by Gasteiger charge is -2.10. The summed E-state index contributed by atoms with van der Waals surface area (Å²) in [5.74, 6) is -0.582. The minimum Gasteiger partial charge on any atom is -0.480 e. The number of aromatic nitrogens is 1. The minimum atomic E-state index is -1.06. The molecule has 88 valence electrons. The number of hydrogen-bond donors (Lipinski definition) is 1. The van der Waals surface area contributed by atoms with Gasteiger partial charge in [0, 0.05) is 0 Å². The molecule has 1 heterocycles. The van der Waals surface area contributed by atoms with Crippen LogP contribution in [0, 0.1) is 5.92 Å². The van der Waals surface area contributed by atoms with Gasteiger partial charge < -0.3 is 9.84 Å². The molecule has 16 heavy (non-hydrogen) atoms. The van der Waals surface area contributed by atoms with Crippen molar-refractivity contribution in [2.75, 3.05) is 7.11 Å². The van der Waals surface area contributed by atoms with Crippen LogP contribution >= 0.6 is 11.6 Å². The minimum absolute atomic E-state index is 0.00921. The first-order valence-corrected chi connectivity index (χ1v) is 5.30. The largest absolute Gasteiger partial charge is 0.480 e. The quantitative estimate of drug-likeness (QED) is 0.883. The fourth-order valence-electron chi connectivity index (χ4n) is 1.43. The molecule has 1 N–H and O–H groups in total. The van der Waals surface area contributed by atoms with E-state index in [2.05, 4.69) is 4.98 Å². The molecule has 0 atom stereocenters. The van der Waals surface area contributed by atoms with E-state index in [1.807, 2.05) is 13.8 Å². The van der Waals surface area contributed by atoms with Crippen LogP contribution in [-0.4, -0.2) is 23.2 Å². The normalized spacial score (nSPS) is 10.6. The highest BCUT2D eigenvalue weighted by atomic mass is 35.5. The molecule has 1 rings (SSSR count). The van der Waals surface area contributed by atoms with E-state index in [9.17, 15) is 4.79 Å². The lowest BCUT2D eigenvalue weighted by molar-refractivity contribution is 0.0688. The van der Waals surface area contributed by atoms with Crippen LogP contribution in [0.2, 0.25) is 5.02 Å². The Morgan fingerprint density at radius 1 is 1.62 bits per heavy atom. The molecule has 0 aliphatic rings. The van der Waals surface area contributed by atoms with Gasteiger partial charge in [0.05, 0.1) is 7.11 Å². The van der Waals surface area contributed by atoms with Gasteiger partial charge >= 0.3 is 5.97 Å². The molecule has 0 bridgehead atoms. The zero-order valence-corrected chi connectivity index (χ0v) is 10.2. The number of carbonyl (C=O) groups is 1. The summed E-state index contributed by atoms with van der Waals surface area (Å²) in [6, 6.07) is 1.61. The highest BCUT2D eigenvalue weighted by Gasteiger charge is 2.17. The molecule has 5 heteroatoms. The van der Waals surface area contributed by atoms with E-state index in [0.29, 0.717) is 22.9 Å². The number of pyridine rings is 1. The molecule has 1 aromatic heterocycles. The summed E-state index contributed by atoms with van der Waals surface area (Å²) < 4.78 is 4.89. The number of rotatable bonds is 4. The fourth-order valence-corrected chi connectivity index (χ4v) is 1.68. The van der Waals surface area contributed by atoms with Crippen LogP contribution in [0.4, 0.5) is 0 Å². The number of ether oxygens (including phenoxy) is 1. The van der Waals surface area contributed by atoms with Crippen molar-refractivity contribution >= 4 is 17.6 Å². The molecular formula is C11H14ClNO3. The summed E-state index contributed by atoms with van der Waals surface area (Å²) in [5.41, 5.74) is 0.642. The van der Waals surface area contributed by atoms with E-state index in [1.165, 1.54) is 7.11 Å². The van der Waals surface area contributed by atoms with Gasteiger partial charge in [-0.1, -0.05) is 25.4 Å². The van der Waals surface area contributed by atoms with Crippen molar-refractivity contribution in [1.82, 2.24) is 4.98 Å². The first kappa shape index (κ1) is 12.8. The second kappa shape index (κ2) is 5.16. The Balaban J connectivity index is 3.24. The van der Waals surface area contributed by atoms with Crippen LogP contribution in [-0.2, 0) is 6.42 Å². The van der Waals surface area contributed by atoms with Crippen molar-refractivity contribution in [3.05, 3.63) is 22.3 Å². The SMILES string of the molecule is COc1nc(C(=O)O)c(CC(C)C)cc1Cl. The van der Waals surface area contributed by atoms with E-state index in [0.717, 1.165) is 0 Å². The van der Waals surface area contributed by atoms with E-state index < -0.39 is 5.97 Å². The predicted molar refractivity (Wildman–Crippen MR) is 61.3 cm³/mol. The monoisotopic (exact) mass is 243 g/mol. The van der Waals surface area contributed by atoms with Gasteiger partial charge in [-0.25, -0.2) is 9.78 Å². The van der Waals surface area contributed by atoms with Crippen LogP contribution < -0.4 is 4.74 Å². The molecule has 0 saturated heterocycles. The zero-order chi connectivity index (χ0) is 12.3. The van der Waals surface area contributed by atoms with Gasteiger partial charge in [0.2, 0.25) is 5.88 Å². The molecule has 0 aromatic carbocycles. The molecule has 0 aliphatic carbocycles. The van der Waals surface area contributed by atoms with E-state index >= 15 is 0 Å². The third-order valence-electron chi connectivity index (χ3n) is 2.05. The van der Waals surface area contributed by atoms with Crippen LogP contribution in [0.25, 0.3) is 0 Å². The Hall–Kier alpha value is -1.29. The van der Waals surface area contributed by atoms with Gasteiger partial charge in [-0.2, -0.15) is 0 Å². The van der Waals surface area contributed by atoms with Gasteiger partial charge in [-0.05, 0) is 24.0 Å². The van der Waals surface area contributed by atoms with Crippen molar-refractivity contribution in [2.24, 2.45) is 5.92 Å². The van der Waals surface area contributed by atoms with Crippen molar-refractivity contribution in [1.29, 1.82) is 0 Å². The maximum atomic E-state index is 11.0. The Kier molecular flexibility index (Phi) is 4.12. The van der Waals surface area contributed by atoms with Gasteiger partial charge in [-0.3, -0.25) is 0 Å². The second-order valence-electron chi connectivity index (χ2n) is 3.89. The molecule has 0 saturated carbocycles. The topological polar surface area (TPSA) is 59.4 Å². The number of methoxy groups -OCH3 is 1. The lowest BCUT2D eigenvalue weighted by Crippen LogP contribution is -2.09. The highest BCUT2D eigenvalue weighted by Crippen LogP contribution is 2.26. The summed E-state index contributed by atoms with van der Waals surface area (Å²) in [6.45, 7) is 4.01. The number of carboxylic acid groups (broad SMARTS) is 1. The Morgan fingerprint density at radius 2 is 2.25 bits per heavy atom. The van der Waals surface area contributed by atoms with Gasteiger partial charge in [0.25, 0.3) is 0 Å². The smallest absolute Gasteiger partial charge is 0.354 e.